The lowest BCUT2D eigenvalue weighted by molar-refractivity contribution is -0.131. The Morgan fingerprint density at radius 2 is 1.60 bits per heavy atom. The number of anilines is 2. The molecule has 4 heterocycles. The van der Waals surface area contributed by atoms with Crippen molar-refractivity contribution in [3.63, 3.8) is 0 Å². The van der Waals surface area contributed by atoms with Gasteiger partial charge in [-0.25, -0.2) is 0 Å². The Kier molecular flexibility index (Phi) is 5.93. The van der Waals surface area contributed by atoms with Crippen LogP contribution in [0.5, 0.6) is 17.2 Å². The summed E-state index contributed by atoms with van der Waals surface area (Å²) in [6.45, 7) is 1.34. The van der Waals surface area contributed by atoms with Crippen LogP contribution in [0.3, 0.4) is 0 Å². The molecule has 4 atom stereocenters. The van der Waals surface area contributed by atoms with Crippen LogP contribution >= 0.6 is 0 Å². The number of benzene rings is 4. The average Bonchev–Trinajstić information content (AvgIpc) is 3.73. The van der Waals surface area contributed by atoms with Crippen LogP contribution in [0.25, 0.3) is 6.08 Å². The third-order valence-corrected chi connectivity index (χ3v) is 9.15. The number of rotatable bonds is 5. The number of Topliss-reactive ketones (excluding diaryl/α,β-unsaturated/α-hetero) is 2. The third kappa shape index (κ3) is 3.86. The Hall–Kier alpha value is -5.70. The van der Waals surface area contributed by atoms with Gasteiger partial charge in [-0.15, -0.1) is 0 Å². The van der Waals surface area contributed by atoms with Crippen molar-refractivity contribution in [2.45, 2.75) is 24.4 Å². The van der Waals surface area contributed by atoms with E-state index < -0.39 is 29.4 Å². The lowest BCUT2D eigenvalue weighted by Crippen LogP contribution is -2.51. The molecule has 0 radical (unpaired) electrons. The molecule has 1 amide bonds. The Morgan fingerprint density at radius 3 is 2.42 bits per heavy atom. The first-order valence-corrected chi connectivity index (χ1v) is 14.6. The summed E-state index contributed by atoms with van der Waals surface area (Å²) in [7, 11) is 0. The molecule has 8 rings (SSSR count). The van der Waals surface area contributed by atoms with Crippen LogP contribution in [-0.2, 0) is 15.0 Å². The highest BCUT2D eigenvalue weighted by molar-refractivity contribution is 6.18. The lowest BCUT2D eigenvalue weighted by atomic mass is 9.64. The standard InChI is InChI=1S/C36H26N2O7/c1-20(39)45-24-14-10-22(11-15-24)34(41)32-31(33(40)23-12-16-28-29(18-23)44-19-43-28)36(25-7-3-4-8-26(25)37-35(36)42)30-17-13-21-6-2-5-9-27(21)38(30)32/h2-18,30-32H,19H2,1H3,(H,37,42)/t30-,31+,32-,36-/m0/s1. The molecule has 4 aromatic rings. The van der Waals surface area contributed by atoms with Crippen LogP contribution in [0.1, 0.15) is 38.8 Å². The molecule has 1 saturated heterocycles. The topological polar surface area (TPSA) is 111 Å². The van der Waals surface area contributed by atoms with Gasteiger partial charge in [0.15, 0.2) is 23.1 Å². The van der Waals surface area contributed by atoms with E-state index in [1.807, 2.05) is 65.6 Å². The molecule has 4 aromatic carbocycles. The highest BCUT2D eigenvalue weighted by Crippen LogP contribution is 2.58. The van der Waals surface area contributed by atoms with E-state index in [2.05, 4.69) is 5.32 Å². The monoisotopic (exact) mass is 598 g/mol. The van der Waals surface area contributed by atoms with Gasteiger partial charge in [0.1, 0.15) is 17.2 Å². The predicted octanol–water partition coefficient (Wildman–Crippen LogP) is 5.20. The SMILES string of the molecule is CC(=O)Oc1ccc(C(=O)[C@@H]2[C@H](C(=O)c3ccc4c(c3)OCO4)[C@@]3(C(=O)Nc4ccccc43)[C@@H]3C=Cc4ccccc4N23)cc1. The van der Waals surface area contributed by atoms with E-state index >= 15 is 4.79 Å². The van der Waals surface area contributed by atoms with Crippen LogP contribution in [0.2, 0.25) is 0 Å². The molecular formula is C36H26N2O7. The number of hydrogen-bond donors (Lipinski definition) is 1. The number of esters is 1. The van der Waals surface area contributed by atoms with E-state index in [0.29, 0.717) is 39.6 Å². The maximum absolute atomic E-state index is 15.0. The zero-order valence-corrected chi connectivity index (χ0v) is 24.1. The zero-order valence-electron chi connectivity index (χ0n) is 24.1. The Bertz CT molecular complexity index is 1970. The van der Waals surface area contributed by atoms with Crippen LogP contribution in [-0.4, -0.2) is 42.3 Å². The number of ether oxygens (including phenoxy) is 3. The number of nitrogens with zero attached hydrogens (tertiary/aromatic N) is 1. The molecule has 1 spiro atoms. The van der Waals surface area contributed by atoms with Gasteiger partial charge >= 0.3 is 5.97 Å². The Balaban J connectivity index is 1.36. The van der Waals surface area contributed by atoms with Crippen LogP contribution in [0, 0.1) is 5.92 Å². The van der Waals surface area contributed by atoms with Crippen molar-refractivity contribution in [1.82, 2.24) is 0 Å². The van der Waals surface area contributed by atoms with E-state index in [0.717, 1.165) is 11.3 Å². The molecule has 0 aliphatic carbocycles. The minimum atomic E-state index is -1.44. The smallest absolute Gasteiger partial charge is 0.308 e. The van der Waals surface area contributed by atoms with Crippen LogP contribution < -0.4 is 24.4 Å². The number of fused-ring (bicyclic) bond motifs is 7. The summed E-state index contributed by atoms with van der Waals surface area (Å²) in [5.41, 5.74) is 2.07. The molecule has 4 aliphatic rings. The lowest BCUT2D eigenvalue weighted by Gasteiger charge is -2.37. The first kappa shape index (κ1) is 26.9. The number of carbonyl (C=O) groups excluding carboxylic acids is 4. The van der Waals surface area contributed by atoms with Crippen molar-refractivity contribution >= 4 is 40.9 Å². The fourth-order valence-electron chi connectivity index (χ4n) is 7.37. The van der Waals surface area contributed by atoms with Crippen molar-refractivity contribution in [3.8, 4) is 17.2 Å². The summed E-state index contributed by atoms with van der Waals surface area (Å²) in [6, 6.07) is 24.5. The average molecular weight is 599 g/mol. The number of para-hydroxylation sites is 2. The molecule has 9 nitrogen and oxygen atoms in total. The summed E-state index contributed by atoms with van der Waals surface area (Å²) in [6.07, 6.45) is 3.89. The van der Waals surface area contributed by atoms with Crippen molar-refractivity contribution in [2.24, 2.45) is 5.92 Å². The molecule has 0 saturated carbocycles. The normalized spacial score (nSPS) is 23.3. The van der Waals surface area contributed by atoms with E-state index in [4.69, 9.17) is 14.2 Å². The summed E-state index contributed by atoms with van der Waals surface area (Å²) >= 11 is 0. The van der Waals surface area contributed by atoms with Gasteiger partial charge in [0, 0.05) is 29.4 Å². The maximum atomic E-state index is 15.0. The number of hydrogen-bond acceptors (Lipinski definition) is 8. The molecule has 222 valence electrons. The fourth-order valence-corrected chi connectivity index (χ4v) is 7.37. The molecule has 0 unspecified atom stereocenters. The molecule has 4 aliphatic heterocycles. The van der Waals surface area contributed by atoms with E-state index in [1.54, 1.807) is 42.5 Å². The Morgan fingerprint density at radius 1 is 0.867 bits per heavy atom. The van der Waals surface area contributed by atoms with Gasteiger partial charge in [-0.3, -0.25) is 19.2 Å². The first-order chi connectivity index (χ1) is 21.9. The van der Waals surface area contributed by atoms with Crippen molar-refractivity contribution in [3.05, 3.63) is 119 Å². The fraction of sp³-hybridized carbons (Fsp3) is 0.167. The zero-order chi connectivity index (χ0) is 30.9. The molecule has 45 heavy (non-hydrogen) atoms. The summed E-state index contributed by atoms with van der Waals surface area (Å²) in [5, 5.41) is 3.03. The second-order valence-corrected chi connectivity index (χ2v) is 11.5. The van der Waals surface area contributed by atoms with Crippen LogP contribution in [0.4, 0.5) is 11.4 Å². The van der Waals surface area contributed by atoms with Crippen molar-refractivity contribution in [2.75, 3.05) is 17.0 Å². The van der Waals surface area contributed by atoms with Gasteiger partial charge in [0.25, 0.3) is 0 Å². The minimum Gasteiger partial charge on any atom is -0.454 e. The van der Waals surface area contributed by atoms with Crippen LogP contribution in [0.15, 0.2) is 97.1 Å². The Labute approximate surface area is 258 Å². The van der Waals surface area contributed by atoms with Crippen molar-refractivity contribution < 1.29 is 33.4 Å². The molecular weight excluding hydrogens is 572 g/mol. The second kappa shape index (κ2) is 9.92. The molecule has 0 bridgehead atoms. The largest absolute Gasteiger partial charge is 0.454 e. The summed E-state index contributed by atoms with van der Waals surface area (Å²) < 4.78 is 16.3. The van der Waals surface area contributed by atoms with E-state index in [-0.39, 0.29) is 24.3 Å². The number of ketones is 2. The quantitative estimate of drug-likeness (QED) is 0.190. The number of amides is 1. The second-order valence-electron chi connectivity index (χ2n) is 11.5. The minimum absolute atomic E-state index is 0.0397. The van der Waals surface area contributed by atoms with Crippen molar-refractivity contribution in [1.29, 1.82) is 0 Å². The highest BCUT2D eigenvalue weighted by atomic mass is 16.7. The van der Waals surface area contributed by atoms with Gasteiger partial charge in [0.2, 0.25) is 12.7 Å². The van der Waals surface area contributed by atoms with E-state index in [9.17, 15) is 14.4 Å². The molecule has 1 N–H and O–H groups in total. The van der Waals surface area contributed by atoms with Gasteiger partial charge in [-0.2, -0.15) is 0 Å². The predicted molar refractivity (Wildman–Crippen MR) is 165 cm³/mol. The number of nitrogens with one attached hydrogen (secondary N) is 1. The maximum Gasteiger partial charge on any atom is 0.308 e. The number of carbonyl (C=O) groups is 4. The highest BCUT2D eigenvalue weighted by Gasteiger charge is 2.70. The summed E-state index contributed by atoms with van der Waals surface area (Å²) in [5.74, 6) is -1.43. The van der Waals surface area contributed by atoms with Gasteiger partial charge < -0.3 is 24.4 Å². The van der Waals surface area contributed by atoms with Gasteiger partial charge in [-0.1, -0.05) is 48.6 Å². The molecule has 1 fully saturated rings. The van der Waals surface area contributed by atoms with Gasteiger partial charge in [-0.05, 0) is 65.7 Å². The van der Waals surface area contributed by atoms with E-state index in [1.165, 1.54) is 6.92 Å². The first-order valence-electron chi connectivity index (χ1n) is 14.6. The molecule has 9 heteroatoms. The summed E-state index contributed by atoms with van der Waals surface area (Å²) in [4.78, 5) is 57.8. The third-order valence-electron chi connectivity index (χ3n) is 9.15. The molecule has 0 aromatic heterocycles. The van der Waals surface area contributed by atoms with Gasteiger partial charge in [0.05, 0.1) is 12.0 Å².